The molecule has 3 nitrogen and oxygen atoms in total. The molecule has 1 atom stereocenters. The van der Waals surface area contributed by atoms with Crippen molar-refractivity contribution in [2.24, 2.45) is 0 Å². The molecule has 0 saturated heterocycles. The van der Waals surface area contributed by atoms with Crippen LogP contribution in [0.4, 0.5) is 4.39 Å². The number of aryl methyl sites for hydroxylation is 1. The van der Waals surface area contributed by atoms with E-state index in [1.165, 1.54) is 11.6 Å². The lowest BCUT2D eigenvalue weighted by Crippen LogP contribution is -2.19. The molecule has 1 unspecified atom stereocenters. The minimum absolute atomic E-state index is 0.0262. The number of phenolic OH excluding ortho intramolecular Hbond substituents is 1. The summed E-state index contributed by atoms with van der Waals surface area (Å²) in [5, 5.41) is 13.1. The average Bonchev–Trinajstić information content (AvgIpc) is 2.45. The van der Waals surface area contributed by atoms with Crippen molar-refractivity contribution >= 4 is 0 Å². The molecule has 2 rings (SSSR count). The smallest absolute Gasteiger partial charge is 0.126 e. The molecule has 0 amide bonds. The van der Waals surface area contributed by atoms with Gasteiger partial charge in [-0.25, -0.2) is 4.39 Å². The number of aromatic nitrogens is 1. The number of phenols is 1. The summed E-state index contributed by atoms with van der Waals surface area (Å²) in [7, 11) is 0. The van der Waals surface area contributed by atoms with Crippen molar-refractivity contribution in [2.75, 3.05) is 0 Å². The van der Waals surface area contributed by atoms with Crippen LogP contribution in [0.1, 0.15) is 36.7 Å². The van der Waals surface area contributed by atoms with Crippen LogP contribution in [0.25, 0.3) is 0 Å². The maximum absolute atomic E-state index is 13.0. The van der Waals surface area contributed by atoms with E-state index in [0.29, 0.717) is 12.1 Å². The van der Waals surface area contributed by atoms with Gasteiger partial charge in [-0.3, -0.25) is 4.98 Å². The van der Waals surface area contributed by atoms with Crippen LogP contribution >= 0.6 is 0 Å². The summed E-state index contributed by atoms with van der Waals surface area (Å²) >= 11 is 0. The SMILES string of the molecule is CCc1cccnc1CNC(C)c1ccc(F)cc1O. The van der Waals surface area contributed by atoms with Crippen LogP contribution < -0.4 is 5.32 Å². The van der Waals surface area contributed by atoms with Crippen molar-refractivity contribution in [3.05, 3.63) is 59.2 Å². The Morgan fingerprint density at radius 1 is 1.35 bits per heavy atom. The number of aromatic hydroxyl groups is 1. The zero-order valence-electron chi connectivity index (χ0n) is 11.7. The first-order valence-corrected chi connectivity index (χ1v) is 6.76. The van der Waals surface area contributed by atoms with Crippen molar-refractivity contribution in [3.63, 3.8) is 0 Å². The summed E-state index contributed by atoms with van der Waals surface area (Å²) in [6, 6.07) is 7.99. The largest absolute Gasteiger partial charge is 0.508 e. The highest BCUT2D eigenvalue weighted by molar-refractivity contribution is 5.35. The summed E-state index contributed by atoms with van der Waals surface area (Å²) < 4.78 is 13.0. The molecule has 2 aromatic rings. The minimum atomic E-state index is -0.434. The van der Waals surface area contributed by atoms with Crippen molar-refractivity contribution in [1.82, 2.24) is 10.3 Å². The quantitative estimate of drug-likeness (QED) is 0.879. The van der Waals surface area contributed by atoms with Gasteiger partial charge in [-0.05, 0) is 31.0 Å². The summed E-state index contributed by atoms with van der Waals surface area (Å²) in [5.41, 5.74) is 2.89. The molecule has 0 bridgehead atoms. The van der Waals surface area contributed by atoms with Crippen molar-refractivity contribution in [2.45, 2.75) is 32.9 Å². The number of hydrogen-bond donors (Lipinski definition) is 2. The van der Waals surface area contributed by atoms with Crippen LogP contribution in [0.3, 0.4) is 0 Å². The molecule has 0 aliphatic rings. The van der Waals surface area contributed by atoms with Gasteiger partial charge in [0.15, 0.2) is 0 Å². The Morgan fingerprint density at radius 2 is 2.15 bits per heavy atom. The van der Waals surface area contributed by atoms with E-state index in [4.69, 9.17) is 0 Å². The molecule has 0 spiro atoms. The summed E-state index contributed by atoms with van der Waals surface area (Å²) in [4.78, 5) is 4.37. The van der Waals surface area contributed by atoms with Gasteiger partial charge in [0.2, 0.25) is 0 Å². The molecule has 2 N–H and O–H groups in total. The lowest BCUT2D eigenvalue weighted by atomic mass is 10.1. The van der Waals surface area contributed by atoms with E-state index in [1.54, 1.807) is 12.3 Å². The first-order valence-electron chi connectivity index (χ1n) is 6.76. The first kappa shape index (κ1) is 14.5. The number of hydrogen-bond acceptors (Lipinski definition) is 3. The molecular formula is C16H19FN2O. The van der Waals surface area contributed by atoms with Crippen molar-refractivity contribution in [3.8, 4) is 5.75 Å². The van der Waals surface area contributed by atoms with Crippen LogP contribution in [0.15, 0.2) is 36.5 Å². The Balaban J connectivity index is 2.06. The number of pyridine rings is 1. The van der Waals surface area contributed by atoms with Gasteiger partial charge < -0.3 is 10.4 Å². The van der Waals surface area contributed by atoms with Crippen LogP contribution in [0.2, 0.25) is 0 Å². The highest BCUT2D eigenvalue weighted by Crippen LogP contribution is 2.24. The van der Waals surface area contributed by atoms with Gasteiger partial charge >= 0.3 is 0 Å². The predicted molar refractivity (Wildman–Crippen MR) is 76.9 cm³/mol. The van der Waals surface area contributed by atoms with Crippen molar-refractivity contribution in [1.29, 1.82) is 0 Å². The average molecular weight is 274 g/mol. The van der Waals surface area contributed by atoms with Crippen LogP contribution in [0, 0.1) is 5.82 Å². The number of nitrogens with one attached hydrogen (secondary N) is 1. The normalized spacial score (nSPS) is 12.3. The highest BCUT2D eigenvalue weighted by atomic mass is 19.1. The standard InChI is InChI=1S/C16H19FN2O/c1-3-12-5-4-8-18-15(12)10-19-11(2)14-7-6-13(17)9-16(14)20/h4-9,11,19-20H,3,10H2,1-2H3. The highest BCUT2D eigenvalue weighted by Gasteiger charge is 2.11. The number of benzene rings is 1. The Hall–Kier alpha value is -1.94. The maximum Gasteiger partial charge on any atom is 0.126 e. The van der Waals surface area contributed by atoms with Crippen LogP contribution in [0.5, 0.6) is 5.75 Å². The molecule has 0 fully saturated rings. The lowest BCUT2D eigenvalue weighted by Gasteiger charge is -2.16. The van der Waals surface area contributed by atoms with Crippen LogP contribution in [-0.4, -0.2) is 10.1 Å². The van der Waals surface area contributed by atoms with E-state index >= 15 is 0 Å². The van der Waals surface area contributed by atoms with E-state index < -0.39 is 5.82 Å². The topological polar surface area (TPSA) is 45.2 Å². The van der Waals surface area contributed by atoms with Gasteiger partial charge in [-0.1, -0.05) is 19.1 Å². The minimum Gasteiger partial charge on any atom is -0.508 e. The molecule has 0 saturated carbocycles. The molecule has 4 heteroatoms. The second-order valence-electron chi connectivity index (χ2n) is 4.77. The Kier molecular flexibility index (Phi) is 4.69. The Bertz CT molecular complexity index is 586. The van der Waals surface area contributed by atoms with Gasteiger partial charge in [0.25, 0.3) is 0 Å². The van der Waals surface area contributed by atoms with E-state index in [1.807, 2.05) is 13.0 Å². The molecule has 20 heavy (non-hydrogen) atoms. The van der Waals surface area contributed by atoms with Gasteiger partial charge in [0, 0.05) is 30.4 Å². The zero-order chi connectivity index (χ0) is 14.5. The second-order valence-corrected chi connectivity index (χ2v) is 4.77. The van der Waals surface area contributed by atoms with E-state index in [0.717, 1.165) is 18.2 Å². The maximum atomic E-state index is 13.0. The molecule has 1 aromatic heterocycles. The van der Waals surface area contributed by atoms with Crippen molar-refractivity contribution < 1.29 is 9.50 Å². The number of nitrogens with zero attached hydrogens (tertiary/aromatic N) is 1. The monoisotopic (exact) mass is 274 g/mol. The van der Waals surface area contributed by atoms with Gasteiger partial charge in [0.05, 0.1) is 5.69 Å². The Morgan fingerprint density at radius 3 is 2.85 bits per heavy atom. The fourth-order valence-corrected chi connectivity index (χ4v) is 2.20. The fourth-order valence-electron chi connectivity index (χ4n) is 2.20. The van der Waals surface area contributed by atoms with Crippen LogP contribution in [-0.2, 0) is 13.0 Å². The van der Waals surface area contributed by atoms with E-state index in [2.05, 4.69) is 23.3 Å². The zero-order valence-corrected chi connectivity index (χ0v) is 11.7. The number of halogens is 1. The van der Waals surface area contributed by atoms with Gasteiger partial charge in [0.1, 0.15) is 11.6 Å². The Labute approximate surface area is 118 Å². The molecule has 1 heterocycles. The number of rotatable bonds is 5. The molecule has 1 aromatic carbocycles. The van der Waals surface area contributed by atoms with E-state index in [9.17, 15) is 9.50 Å². The summed E-state index contributed by atoms with van der Waals surface area (Å²) in [6.07, 6.45) is 2.71. The predicted octanol–water partition coefficient (Wildman–Crippen LogP) is 3.34. The molecule has 106 valence electrons. The third kappa shape index (κ3) is 3.33. The molecule has 0 radical (unpaired) electrons. The molecular weight excluding hydrogens is 255 g/mol. The first-order chi connectivity index (χ1) is 9.61. The summed E-state index contributed by atoms with van der Waals surface area (Å²) in [5.74, 6) is -0.460. The fraction of sp³-hybridized carbons (Fsp3) is 0.312. The van der Waals surface area contributed by atoms with Gasteiger partial charge in [-0.2, -0.15) is 0 Å². The molecule has 0 aliphatic heterocycles. The lowest BCUT2D eigenvalue weighted by molar-refractivity contribution is 0.446. The second kappa shape index (κ2) is 6.48. The summed E-state index contributed by atoms with van der Waals surface area (Å²) in [6.45, 7) is 4.64. The molecule has 0 aliphatic carbocycles. The third-order valence-corrected chi connectivity index (χ3v) is 3.40. The van der Waals surface area contributed by atoms with Gasteiger partial charge in [-0.15, -0.1) is 0 Å². The van der Waals surface area contributed by atoms with E-state index in [-0.39, 0.29) is 11.8 Å². The third-order valence-electron chi connectivity index (χ3n) is 3.40.